The summed E-state index contributed by atoms with van der Waals surface area (Å²) < 4.78 is 32.2. The lowest BCUT2D eigenvalue weighted by molar-refractivity contribution is 0.385. The monoisotopic (exact) mass is 220 g/mol. The van der Waals surface area contributed by atoms with Crippen molar-refractivity contribution in [1.82, 2.24) is 0 Å². The minimum Gasteiger partial charge on any atom is -0.494 e. The van der Waals surface area contributed by atoms with Crippen LogP contribution in [0.4, 0.5) is 8.78 Å². The van der Waals surface area contributed by atoms with Crippen LogP contribution in [0, 0.1) is 11.6 Å². The van der Waals surface area contributed by atoms with E-state index in [0.29, 0.717) is 5.56 Å². The van der Waals surface area contributed by atoms with Gasteiger partial charge in [0.25, 0.3) is 0 Å². The lowest BCUT2D eigenvalue weighted by Crippen LogP contribution is -1.94. The van der Waals surface area contributed by atoms with Crippen molar-refractivity contribution in [2.75, 3.05) is 7.11 Å². The average Bonchev–Trinajstić information content (AvgIpc) is 2.31. The minimum absolute atomic E-state index is 0.0419. The van der Waals surface area contributed by atoms with Gasteiger partial charge in [-0.25, -0.2) is 8.78 Å². The Balaban J connectivity index is 2.64. The maximum absolute atomic E-state index is 13.9. The molecule has 0 fully saturated rings. The highest BCUT2D eigenvalue weighted by molar-refractivity contribution is 5.66. The van der Waals surface area contributed by atoms with Gasteiger partial charge in [-0.3, -0.25) is 0 Å². The van der Waals surface area contributed by atoms with Gasteiger partial charge in [-0.05, 0) is 17.7 Å². The predicted octanol–water partition coefficient (Wildman–Crippen LogP) is 3.64. The molecule has 0 atom stereocenters. The number of hydrogen-bond acceptors (Lipinski definition) is 1. The van der Waals surface area contributed by atoms with Crippen LogP contribution in [0.15, 0.2) is 42.5 Å². The first-order valence-corrected chi connectivity index (χ1v) is 4.81. The molecule has 2 rings (SSSR count). The first-order valence-electron chi connectivity index (χ1n) is 4.81. The Morgan fingerprint density at radius 2 is 1.62 bits per heavy atom. The summed E-state index contributed by atoms with van der Waals surface area (Å²) in [6, 6.07) is 11.0. The first-order chi connectivity index (χ1) is 7.74. The molecule has 0 saturated carbocycles. The Hall–Kier alpha value is -1.90. The Bertz CT molecular complexity index is 495. The molecule has 0 spiro atoms. The van der Waals surface area contributed by atoms with Crippen LogP contribution in [-0.4, -0.2) is 7.11 Å². The third kappa shape index (κ3) is 1.76. The number of methoxy groups -OCH3 is 1. The van der Waals surface area contributed by atoms with Crippen LogP contribution in [0.25, 0.3) is 11.1 Å². The third-order valence-corrected chi connectivity index (χ3v) is 2.34. The van der Waals surface area contributed by atoms with Crippen LogP contribution in [0.2, 0.25) is 0 Å². The van der Waals surface area contributed by atoms with Crippen LogP contribution >= 0.6 is 0 Å². The van der Waals surface area contributed by atoms with Crippen molar-refractivity contribution in [3.8, 4) is 16.9 Å². The van der Waals surface area contributed by atoms with Crippen molar-refractivity contribution in [2.45, 2.75) is 0 Å². The topological polar surface area (TPSA) is 9.23 Å². The molecule has 16 heavy (non-hydrogen) atoms. The maximum atomic E-state index is 13.9. The summed E-state index contributed by atoms with van der Waals surface area (Å²) in [5.41, 5.74) is 0.441. The lowest BCUT2D eigenvalue weighted by atomic mass is 10.0. The van der Waals surface area contributed by atoms with E-state index in [1.165, 1.54) is 19.2 Å². The second-order valence-corrected chi connectivity index (χ2v) is 3.30. The molecule has 1 nitrogen and oxygen atoms in total. The summed E-state index contributed by atoms with van der Waals surface area (Å²) in [4.78, 5) is 0. The largest absolute Gasteiger partial charge is 0.494 e. The number of halogens is 2. The smallest absolute Gasteiger partial charge is 0.175 e. The minimum atomic E-state index is -0.672. The zero-order chi connectivity index (χ0) is 11.5. The van der Waals surface area contributed by atoms with Gasteiger partial charge in [0, 0.05) is 0 Å². The molecule has 2 aromatic rings. The van der Waals surface area contributed by atoms with Crippen LogP contribution in [0.1, 0.15) is 0 Å². The van der Waals surface area contributed by atoms with E-state index < -0.39 is 11.6 Å². The molecule has 0 radical (unpaired) electrons. The van der Waals surface area contributed by atoms with Crippen molar-refractivity contribution in [3.05, 3.63) is 54.1 Å². The standard InChI is InChI=1S/C13H10F2O/c1-16-11-8-7-10(14)12(13(11)15)9-5-3-2-4-6-9/h2-8H,1H3. The molecule has 2 aromatic carbocycles. The molecular weight excluding hydrogens is 210 g/mol. The Morgan fingerprint density at radius 1 is 0.938 bits per heavy atom. The number of benzene rings is 2. The molecule has 82 valence electrons. The summed E-state index contributed by atoms with van der Waals surface area (Å²) in [7, 11) is 1.35. The quantitative estimate of drug-likeness (QED) is 0.750. The predicted molar refractivity (Wildman–Crippen MR) is 58.3 cm³/mol. The second kappa shape index (κ2) is 4.31. The van der Waals surface area contributed by atoms with Gasteiger partial charge >= 0.3 is 0 Å². The van der Waals surface area contributed by atoms with E-state index in [1.54, 1.807) is 30.3 Å². The van der Waals surface area contributed by atoms with E-state index in [0.717, 1.165) is 0 Å². The summed E-state index contributed by atoms with van der Waals surface area (Å²) in [5.74, 6) is -1.22. The van der Waals surface area contributed by atoms with Crippen LogP contribution in [-0.2, 0) is 0 Å². The van der Waals surface area contributed by atoms with Crippen LogP contribution in [0.5, 0.6) is 5.75 Å². The van der Waals surface area contributed by atoms with Gasteiger partial charge < -0.3 is 4.74 Å². The molecule has 0 saturated heterocycles. The maximum Gasteiger partial charge on any atom is 0.175 e. The summed E-state index contributed by atoms with van der Waals surface area (Å²) in [6.45, 7) is 0. The van der Waals surface area contributed by atoms with Gasteiger partial charge in [0.15, 0.2) is 11.6 Å². The van der Waals surface area contributed by atoms with Crippen molar-refractivity contribution >= 4 is 0 Å². The number of hydrogen-bond donors (Lipinski definition) is 0. The fraction of sp³-hybridized carbons (Fsp3) is 0.0769. The highest BCUT2D eigenvalue weighted by Crippen LogP contribution is 2.31. The zero-order valence-corrected chi connectivity index (χ0v) is 8.71. The van der Waals surface area contributed by atoms with E-state index in [9.17, 15) is 8.78 Å². The van der Waals surface area contributed by atoms with E-state index >= 15 is 0 Å². The molecule has 0 aliphatic rings. The Morgan fingerprint density at radius 3 is 2.25 bits per heavy atom. The number of ether oxygens (including phenoxy) is 1. The molecule has 0 aromatic heterocycles. The molecule has 0 amide bonds. The number of rotatable bonds is 2. The van der Waals surface area contributed by atoms with Crippen molar-refractivity contribution in [2.24, 2.45) is 0 Å². The van der Waals surface area contributed by atoms with Crippen LogP contribution in [0.3, 0.4) is 0 Å². The van der Waals surface area contributed by atoms with E-state index in [1.807, 2.05) is 0 Å². The third-order valence-electron chi connectivity index (χ3n) is 2.34. The van der Waals surface area contributed by atoms with Gasteiger partial charge in [-0.15, -0.1) is 0 Å². The van der Waals surface area contributed by atoms with Gasteiger partial charge in [0.05, 0.1) is 12.7 Å². The van der Waals surface area contributed by atoms with Gasteiger partial charge in [-0.2, -0.15) is 0 Å². The normalized spacial score (nSPS) is 10.2. The van der Waals surface area contributed by atoms with E-state index in [2.05, 4.69) is 0 Å². The molecular formula is C13H10F2O. The Kier molecular flexibility index (Phi) is 2.86. The van der Waals surface area contributed by atoms with Gasteiger partial charge in [0.1, 0.15) is 5.82 Å². The highest BCUT2D eigenvalue weighted by Gasteiger charge is 2.15. The van der Waals surface area contributed by atoms with Gasteiger partial charge in [-0.1, -0.05) is 30.3 Å². The second-order valence-electron chi connectivity index (χ2n) is 3.30. The summed E-state index contributed by atoms with van der Waals surface area (Å²) >= 11 is 0. The molecule has 0 N–H and O–H groups in total. The average molecular weight is 220 g/mol. The van der Waals surface area contributed by atoms with E-state index in [-0.39, 0.29) is 11.3 Å². The van der Waals surface area contributed by atoms with E-state index in [4.69, 9.17) is 4.74 Å². The van der Waals surface area contributed by atoms with Gasteiger partial charge in [0.2, 0.25) is 0 Å². The highest BCUT2D eigenvalue weighted by atomic mass is 19.1. The Labute approximate surface area is 92.3 Å². The fourth-order valence-electron chi connectivity index (χ4n) is 1.56. The summed E-state index contributed by atoms with van der Waals surface area (Å²) in [5, 5.41) is 0. The molecule has 0 aliphatic heterocycles. The fourth-order valence-corrected chi connectivity index (χ4v) is 1.56. The van der Waals surface area contributed by atoms with Crippen molar-refractivity contribution in [3.63, 3.8) is 0 Å². The lowest BCUT2D eigenvalue weighted by Gasteiger charge is -2.08. The molecule has 0 unspecified atom stereocenters. The molecule has 0 bridgehead atoms. The summed E-state index contributed by atoms with van der Waals surface area (Å²) in [6.07, 6.45) is 0. The molecule has 0 aliphatic carbocycles. The zero-order valence-electron chi connectivity index (χ0n) is 8.71. The SMILES string of the molecule is COc1ccc(F)c(-c2ccccc2)c1F. The molecule has 0 heterocycles. The van der Waals surface area contributed by atoms with Crippen LogP contribution < -0.4 is 4.74 Å². The van der Waals surface area contributed by atoms with Crippen molar-refractivity contribution < 1.29 is 13.5 Å². The van der Waals surface area contributed by atoms with Crippen molar-refractivity contribution in [1.29, 1.82) is 0 Å². The first kappa shape index (κ1) is 10.6. The molecule has 3 heteroatoms.